The van der Waals surface area contributed by atoms with Crippen molar-refractivity contribution in [2.75, 3.05) is 20.3 Å². The molecule has 7 nitrogen and oxygen atoms in total. The molecule has 2 rings (SSSR count). The number of hydrogen-bond acceptors (Lipinski definition) is 6. The summed E-state index contributed by atoms with van der Waals surface area (Å²) in [5.74, 6) is -0.601. The number of alkyl carbamates (subject to hydrolysis) is 1. The van der Waals surface area contributed by atoms with Gasteiger partial charge in [-0.3, -0.25) is 0 Å². The molecule has 0 bridgehead atoms. The maximum Gasteiger partial charge on any atom is 0.408 e. The average molecular weight is 430 g/mol. The van der Waals surface area contributed by atoms with Crippen LogP contribution in [0.3, 0.4) is 0 Å². The van der Waals surface area contributed by atoms with Gasteiger partial charge in [0.05, 0.1) is 25.9 Å². The molecule has 1 N–H and O–H groups in total. The Bertz CT molecular complexity index is 794. The van der Waals surface area contributed by atoms with Crippen LogP contribution in [-0.2, 0) is 37.0 Å². The minimum absolute atomic E-state index is 0.0259. The minimum atomic E-state index is -0.957. The van der Waals surface area contributed by atoms with Crippen molar-refractivity contribution in [1.29, 1.82) is 0 Å². The van der Waals surface area contributed by atoms with Crippen molar-refractivity contribution in [2.24, 2.45) is 0 Å². The van der Waals surface area contributed by atoms with Crippen LogP contribution in [0, 0.1) is 0 Å². The predicted octanol–water partition coefficient (Wildman–Crippen LogP) is 3.86. The molecule has 1 amide bonds. The van der Waals surface area contributed by atoms with E-state index in [-0.39, 0.29) is 13.2 Å². The zero-order chi connectivity index (χ0) is 22.5. The van der Waals surface area contributed by atoms with E-state index in [0.29, 0.717) is 19.6 Å². The second kappa shape index (κ2) is 12.7. The lowest BCUT2D eigenvalue weighted by Crippen LogP contribution is -2.45. The summed E-state index contributed by atoms with van der Waals surface area (Å²) in [5, 5.41) is 2.49. The molecular formula is C24H31NO6. The number of hydrogen-bond donors (Lipinski definition) is 1. The summed E-state index contributed by atoms with van der Waals surface area (Å²) in [4.78, 5) is 24.0. The van der Waals surface area contributed by atoms with Gasteiger partial charge in [0.2, 0.25) is 0 Å². The van der Waals surface area contributed by atoms with Crippen molar-refractivity contribution in [3.8, 4) is 0 Å². The zero-order valence-corrected chi connectivity index (χ0v) is 18.3. The molecule has 0 aliphatic carbocycles. The highest BCUT2D eigenvalue weighted by Gasteiger charge is 2.24. The minimum Gasteiger partial charge on any atom is -0.467 e. The van der Waals surface area contributed by atoms with Gasteiger partial charge in [-0.15, -0.1) is 0 Å². The molecule has 1 atom stereocenters. The lowest BCUT2D eigenvalue weighted by molar-refractivity contribution is -0.144. The van der Waals surface area contributed by atoms with Gasteiger partial charge in [-0.05, 0) is 31.4 Å². The third-order valence-electron chi connectivity index (χ3n) is 4.60. The molecule has 0 aliphatic heterocycles. The SMILES string of the molecule is COC(=O)C(COCCC(C)(C)OCc1ccccc1)NC(=O)OCc1ccccc1. The molecule has 2 aromatic rings. The Labute approximate surface area is 183 Å². The first-order valence-electron chi connectivity index (χ1n) is 10.2. The van der Waals surface area contributed by atoms with Crippen molar-refractivity contribution in [3.05, 3.63) is 71.8 Å². The van der Waals surface area contributed by atoms with Crippen molar-refractivity contribution >= 4 is 12.1 Å². The molecule has 1 unspecified atom stereocenters. The number of rotatable bonds is 12. The molecule has 31 heavy (non-hydrogen) atoms. The Morgan fingerprint density at radius 2 is 1.52 bits per heavy atom. The van der Waals surface area contributed by atoms with Crippen LogP contribution in [0.4, 0.5) is 4.79 Å². The van der Waals surface area contributed by atoms with E-state index in [1.807, 2.05) is 74.5 Å². The van der Waals surface area contributed by atoms with Gasteiger partial charge in [0, 0.05) is 6.61 Å². The second-order valence-corrected chi connectivity index (χ2v) is 7.64. The van der Waals surface area contributed by atoms with Gasteiger partial charge >= 0.3 is 12.1 Å². The van der Waals surface area contributed by atoms with Crippen molar-refractivity contribution < 1.29 is 28.5 Å². The zero-order valence-electron chi connectivity index (χ0n) is 18.3. The van der Waals surface area contributed by atoms with Crippen LogP contribution in [-0.4, -0.2) is 44.0 Å². The van der Waals surface area contributed by atoms with Crippen molar-refractivity contribution in [2.45, 2.75) is 45.1 Å². The standard InChI is InChI=1S/C24H31NO6/c1-24(2,31-17-20-12-8-5-9-13-20)14-15-29-18-21(22(26)28-3)25-23(27)30-16-19-10-6-4-7-11-19/h4-13,21H,14-18H2,1-3H3,(H,25,27). The molecule has 0 saturated heterocycles. The molecular weight excluding hydrogens is 398 g/mol. The summed E-state index contributed by atoms with van der Waals surface area (Å²) in [5.41, 5.74) is 1.54. The van der Waals surface area contributed by atoms with Crippen LogP contribution >= 0.6 is 0 Å². The molecule has 0 saturated carbocycles. The predicted molar refractivity (Wildman–Crippen MR) is 116 cm³/mol. The highest BCUT2D eigenvalue weighted by atomic mass is 16.6. The van der Waals surface area contributed by atoms with Gasteiger partial charge in [0.1, 0.15) is 6.61 Å². The summed E-state index contributed by atoms with van der Waals surface area (Å²) in [6.45, 7) is 4.91. The number of benzene rings is 2. The second-order valence-electron chi connectivity index (χ2n) is 7.64. The van der Waals surface area contributed by atoms with Gasteiger partial charge < -0.3 is 24.3 Å². The van der Waals surface area contributed by atoms with Crippen LogP contribution in [0.25, 0.3) is 0 Å². The summed E-state index contributed by atoms with van der Waals surface area (Å²) in [6, 6.07) is 18.2. The maximum atomic E-state index is 12.0. The Morgan fingerprint density at radius 1 is 0.935 bits per heavy atom. The first kappa shape index (κ1) is 24.4. The van der Waals surface area contributed by atoms with E-state index in [0.717, 1.165) is 11.1 Å². The number of nitrogens with one attached hydrogen (secondary N) is 1. The number of methoxy groups -OCH3 is 1. The highest BCUT2D eigenvalue weighted by Crippen LogP contribution is 2.17. The fourth-order valence-corrected chi connectivity index (χ4v) is 2.66. The van der Waals surface area contributed by atoms with Gasteiger partial charge in [-0.25, -0.2) is 9.59 Å². The summed E-state index contributed by atoms with van der Waals surface area (Å²) in [7, 11) is 1.26. The van der Waals surface area contributed by atoms with Crippen LogP contribution in [0.5, 0.6) is 0 Å². The molecule has 0 radical (unpaired) electrons. The van der Waals surface area contributed by atoms with Gasteiger partial charge in [0.15, 0.2) is 6.04 Å². The number of esters is 1. The van der Waals surface area contributed by atoms with Crippen molar-refractivity contribution in [1.82, 2.24) is 5.32 Å². The molecule has 0 aliphatic rings. The summed E-state index contributed by atoms with van der Waals surface area (Å²) >= 11 is 0. The lowest BCUT2D eigenvalue weighted by Gasteiger charge is -2.26. The van der Waals surface area contributed by atoms with Crippen LogP contribution in [0.1, 0.15) is 31.4 Å². The summed E-state index contributed by atoms with van der Waals surface area (Å²) < 4.78 is 21.5. The lowest BCUT2D eigenvalue weighted by atomic mass is 10.1. The number of amides is 1. The number of ether oxygens (including phenoxy) is 4. The van der Waals surface area contributed by atoms with Crippen LogP contribution < -0.4 is 5.32 Å². The van der Waals surface area contributed by atoms with Gasteiger partial charge in [-0.1, -0.05) is 60.7 Å². The van der Waals surface area contributed by atoms with E-state index in [4.69, 9.17) is 18.9 Å². The average Bonchev–Trinajstić information content (AvgIpc) is 2.79. The Balaban J connectivity index is 1.72. The summed E-state index contributed by atoms with van der Waals surface area (Å²) in [6.07, 6.45) is -0.0963. The van der Waals surface area contributed by atoms with Crippen LogP contribution in [0.2, 0.25) is 0 Å². The van der Waals surface area contributed by atoms with E-state index < -0.39 is 23.7 Å². The van der Waals surface area contributed by atoms with Crippen molar-refractivity contribution in [3.63, 3.8) is 0 Å². The van der Waals surface area contributed by atoms with E-state index >= 15 is 0 Å². The Morgan fingerprint density at radius 3 is 2.10 bits per heavy atom. The third-order valence-corrected chi connectivity index (χ3v) is 4.60. The highest BCUT2D eigenvalue weighted by molar-refractivity contribution is 5.81. The molecule has 0 heterocycles. The maximum absolute atomic E-state index is 12.0. The first-order valence-corrected chi connectivity index (χ1v) is 10.2. The third kappa shape index (κ3) is 9.63. The van der Waals surface area contributed by atoms with E-state index in [1.54, 1.807) is 0 Å². The fraction of sp³-hybridized carbons (Fsp3) is 0.417. The molecule has 0 aromatic heterocycles. The van der Waals surface area contributed by atoms with E-state index in [2.05, 4.69) is 5.32 Å². The molecule has 2 aromatic carbocycles. The Kier molecular flexibility index (Phi) is 10.00. The molecule has 168 valence electrons. The smallest absolute Gasteiger partial charge is 0.408 e. The normalized spacial score (nSPS) is 12.1. The van der Waals surface area contributed by atoms with Gasteiger partial charge in [0.25, 0.3) is 0 Å². The fourth-order valence-electron chi connectivity index (χ4n) is 2.66. The van der Waals surface area contributed by atoms with E-state index in [1.165, 1.54) is 7.11 Å². The van der Waals surface area contributed by atoms with Crippen LogP contribution in [0.15, 0.2) is 60.7 Å². The molecule has 7 heteroatoms. The monoisotopic (exact) mass is 429 g/mol. The topological polar surface area (TPSA) is 83.1 Å². The molecule has 0 spiro atoms. The first-order chi connectivity index (χ1) is 14.9. The quantitative estimate of drug-likeness (QED) is 0.408. The van der Waals surface area contributed by atoms with Gasteiger partial charge in [-0.2, -0.15) is 0 Å². The number of carbonyl (C=O) groups excluding carboxylic acids is 2. The largest absolute Gasteiger partial charge is 0.467 e. The Hall–Kier alpha value is -2.90. The van der Waals surface area contributed by atoms with E-state index in [9.17, 15) is 9.59 Å². The number of carbonyl (C=O) groups is 2. The molecule has 0 fully saturated rings.